The first-order valence-corrected chi connectivity index (χ1v) is 11.3. The highest BCUT2D eigenvalue weighted by Gasteiger charge is 2.31. The molecule has 1 fully saturated rings. The molecule has 8 heteroatoms. The van der Waals surface area contributed by atoms with Crippen LogP contribution in [-0.2, 0) is 4.79 Å². The van der Waals surface area contributed by atoms with E-state index in [1.165, 1.54) is 23.9 Å². The van der Waals surface area contributed by atoms with Gasteiger partial charge in [0.25, 0.3) is 0 Å². The molecule has 6 nitrogen and oxygen atoms in total. The van der Waals surface area contributed by atoms with Gasteiger partial charge >= 0.3 is 0 Å². The van der Waals surface area contributed by atoms with E-state index in [4.69, 9.17) is 4.42 Å². The lowest BCUT2D eigenvalue weighted by atomic mass is 10.1. The molecule has 32 heavy (non-hydrogen) atoms. The molecule has 2 heterocycles. The molecule has 1 aliphatic rings. The smallest absolute Gasteiger partial charge is 0.238 e. The zero-order valence-electron chi connectivity index (χ0n) is 17.4. The molecule has 1 saturated carbocycles. The molecule has 0 radical (unpaired) electrons. The lowest BCUT2D eigenvalue weighted by Crippen LogP contribution is -2.30. The summed E-state index contributed by atoms with van der Waals surface area (Å²) in [5.41, 5.74) is 2.41. The number of furan rings is 1. The van der Waals surface area contributed by atoms with Crippen LogP contribution in [0.1, 0.15) is 29.4 Å². The van der Waals surface area contributed by atoms with Gasteiger partial charge in [-0.2, -0.15) is 0 Å². The minimum atomic E-state index is -0.596. The second-order valence-electron chi connectivity index (χ2n) is 7.70. The highest BCUT2D eigenvalue weighted by atomic mass is 32.2. The van der Waals surface area contributed by atoms with Crippen molar-refractivity contribution in [3.8, 4) is 17.1 Å². The molecule has 2 aromatic heterocycles. The van der Waals surface area contributed by atoms with E-state index >= 15 is 0 Å². The number of aryl methyl sites for hydroxylation is 1. The molecular weight excluding hydrogens is 427 g/mol. The van der Waals surface area contributed by atoms with Gasteiger partial charge in [0.05, 0.1) is 11.8 Å². The van der Waals surface area contributed by atoms with E-state index < -0.39 is 5.25 Å². The van der Waals surface area contributed by atoms with Crippen LogP contribution in [0.5, 0.6) is 0 Å². The molecule has 1 atom stereocenters. The second-order valence-corrected chi connectivity index (χ2v) is 8.77. The Labute approximate surface area is 188 Å². The molecule has 1 unspecified atom stereocenters. The van der Waals surface area contributed by atoms with Crippen LogP contribution in [0.4, 0.5) is 4.39 Å². The number of para-hydroxylation sites is 1. The molecule has 1 amide bonds. The highest BCUT2D eigenvalue weighted by molar-refractivity contribution is 8.00. The second kappa shape index (κ2) is 8.63. The summed E-state index contributed by atoms with van der Waals surface area (Å²) >= 11 is 1.30. The molecular formula is C24H21FN4O2S. The molecule has 0 aliphatic heterocycles. The maximum atomic E-state index is 13.5. The monoisotopic (exact) mass is 448 g/mol. The molecule has 0 bridgehead atoms. The van der Waals surface area contributed by atoms with Gasteiger partial charge in [-0.15, -0.1) is 10.2 Å². The van der Waals surface area contributed by atoms with Gasteiger partial charge in [-0.3, -0.25) is 9.36 Å². The summed E-state index contributed by atoms with van der Waals surface area (Å²) in [5, 5.41) is 11.9. The van der Waals surface area contributed by atoms with Crippen LogP contribution >= 0.6 is 11.8 Å². The third kappa shape index (κ3) is 4.18. The third-order valence-electron chi connectivity index (χ3n) is 5.31. The molecule has 5 rings (SSSR count). The van der Waals surface area contributed by atoms with Crippen LogP contribution in [0.25, 0.3) is 17.1 Å². The molecule has 1 aliphatic carbocycles. The minimum absolute atomic E-state index is 0.118. The SMILES string of the molecule is Cc1occc1-c1nnc(SC(C(=O)NC2CC2)c2ccc(F)cc2)n1-c1ccccc1. The number of thioether (sulfide) groups is 1. The van der Waals surface area contributed by atoms with Crippen molar-refractivity contribution in [3.05, 3.63) is 84.1 Å². The largest absolute Gasteiger partial charge is 0.469 e. The highest BCUT2D eigenvalue weighted by Crippen LogP contribution is 2.39. The molecule has 4 aromatic rings. The number of aromatic nitrogens is 3. The standard InChI is InChI=1S/C24H21FN4O2S/c1-15-20(13-14-31-15)22-27-28-24(29(22)19-5-3-2-4-6-19)32-21(23(30)26-18-11-12-18)16-7-9-17(25)10-8-16/h2-10,13-14,18,21H,11-12H2,1H3,(H,26,30). The summed E-state index contributed by atoms with van der Waals surface area (Å²) in [5.74, 6) is 0.899. The Kier molecular flexibility index (Phi) is 5.53. The Morgan fingerprint density at radius 3 is 2.53 bits per heavy atom. The van der Waals surface area contributed by atoms with Gasteiger partial charge in [0.15, 0.2) is 11.0 Å². The van der Waals surface area contributed by atoms with Crippen molar-refractivity contribution in [2.75, 3.05) is 0 Å². The van der Waals surface area contributed by atoms with Gasteiger partial charge in [-0.05, 0) is 55.7 Å². The normalized spacial score (nSPS) is 14.3. The van der Waals surface area contributed by atoms with E-state index in [1.54, 1.807) is 18.4 Å². The number of amides is 1. The first-order valence-electron chi connectivity index (χ1n) is 10.4. The zero-order valence-corrected chi connectivity index (χ0v) is 18.2. The Hall–Kier alpha value is -3.39. The predicted molar refractivity (Wildman–Crippen MR) is 120 cm³/mol. The molecule has 2 aromatic carbocycles. The Bertz CT molecular complexity index is 1230. The van der Waals surface area contributed by atoms with Gasteiger partial charge in [-0.1, -0.05) is 42.1 Å². The quantitative estimate of drug-likeness (QED) is 0.399. The van der Waals surface area contributed by atoms with Crippen molar-refractivity contribution >= 4 is 17.7 Å². The maximum absolute atomic E-state index is 13.5. The van der Waals surface area contributed by atoms with Crippen LogP contribution in [-0.4, -0.2) is 26.7 Å². The lowest BCUT2D eigenvalue weighted by Gasteiger charge is -2.17. The number of hydrogen-bond donors (Lipinski definition) is 1. The van der Waals surface area contributed by atoms with Gasteiger partial charge in [-0.25, -0.2) is 4.39 Å². The molecule has 1 N–H and O–H groups in total. The average molecular weight is 449 g/mol. The number of nitrogens with zero attached hydrogens (tertiary/aromatic N) is 3. The van der Waals surface area contributed by atoms with Gasteiger partial charge in [0, 0.05) is 11.7 Å². The number of rotatable bonds is 7. The van der Waals surface area contributed by atoms with Crippen molar-refractivity contribution < 1.29 is 13.6 Å². The number of hydrogen-bond acceptors (Lipinski definition) is 5. The summed E-state index contributed by atoms with van der Waals surface area (Å²) in [6.45, 7) is 1.87. The Balaban J connectivity index is 1.57. The number of halogens is 1. The first kappa shape index (κ1) is 20.5. The number of benzene rings is 2. The van der Waals surface area contributed by atoms with E-state index in [0.717, 1.165) is 29.9 Å². The summed E-state index contributed by atoms with van der Waals surface area (Å²) in [6.07, 6.45) is 3.58. The Morgan fingerprint density at radius 2 is 1.88 bits per heavy atom. The van der Waals surface area contributed by atoms with Crippen molar-refractivity contribution in [1.29, 1.82) is 0 Å². The van der Waals surface area contributed by atoms with Gasteiger partial charge in [0.1, 0.15) is 16.8 Å². The van der Waals surface area contributed by atoms with Crippen molar-refractivity contribution in [2.24, 2.45) is 0 Å². The van der Waals surface area contributed by atoms with Crippen molar-refractivity contribution in [1.82, 2.24) is 20.1 Å². The predicted octanol–water partition coefficient (Wildman–Crippen LogP) is 5.09. The van der Waals surface area contributed by atoms with E-state index in [2.05, 4.69) is 15.5 Å². The number of nitrogens with one attached hydrogen (secondary N) is 1. The minimum Gasteiger partial charge on any atom is -0.469 e. The first-order chi connectivity index (χ1) is 15.6. The van der Waals surface area contributed by atoms with Gasteiger partial charge in [0.2, 0.25) is 5.91 Å². The van der Waals surface area contributed by atoms with Crippen LogP contribution in [0.15, 0.2) is 76.5 Å². The molecule has 162 valence electrons. The summed E-state index contributed by atoms with van der Waals surface area (Å²) < 4.78 is 20.9. The van der Waals surface area contributed by atoms with Crippen LogP contribution < -0.4 is 5.32 Å². The lowest BCUT2D eigenvalue weighted by molar-refractivity contribution is -0.120. The molecule has 0 saturated heterocycles. The van der Waals surface area contributed by atoms with E-state index in [-0.39, 0.29) is 17.8 Å². The molecule has 0 spiro atoms. The zero-order chi connectivity index (χ0) is 22.1. The number of carbonyl (C=O) groups excluding carboxylic acids is 1. The van der Waals surface area contributed by atoms with E-state index in [9.17, 15) is 9.18 Å². The summed E-state index contributed by atoms with van der Waals surface area (Å²) in [7, 11) is 0. The maximum Gasteiger partial charge on any atom is 0.238 e. The van der Waals surface area contributed by atoms with E-state index in [0.29, 0.717) is 16.5 Å². The summed E-state index contributed by atoms with van der Waals surface area (Å²) in [4.78, 5) is 13.1. The van der Waals surface area contributed by atoms with E-state index in [1.807, 2.05) is 47.9 Å². The fourth-order valence-corrected chi connectivity index (χ4v) is 4.53. The topological polar surface area (TPSA) is 72.9 Å². The van der Waals surface area contributed by atoms with Crippen LogP contribution in [0.3, 0.4) is 0 Å². The van der Waals surface area contributed by atoms with Crippen molar-refractivity contribution in [3.63, 3.8) is 0 Å². The van der Waals surface area contributed by atoms with Crippen LogP contribution in [0, 0.1) is 12.7 Å². The van der Waals surface area contributed by atoms with Crippen molar-refractivity contribution in [2.45, 2.75) is 36.2 Å². The Morgan fingerprint density at radius 1 is 1.12 bits per heavy atom. The summed E-state index contributed by atoms with van der Waals surface area (Å²) in [6, 6.07) is 17.8. The van der Waals surface area contributed by atoms with Crippen LogP contribution in [0.2, 0.25) is 0 Å². The third-order valence-corrected chi connectivity index (χ3v) is 6.50. The number of carbonyl (C=O) groups is 1. The average Bonchev–Trinajstić information content (AvgIpc) is 3.36. The fourth-order valence-electron chi connectivity index (χ4n) is 3.47. The van der Waals surface area contributed by atoms with Gasteiger partial charge < -0.3 is 9.73 Å². The fraction of sp³-hybridized carbons (Fsp3) is 0.208.